The van der Waals surface area contributed by atoms with Crippen LogP contribution in [-0.2, 0) is 6.42 Å². The van der Waals surface area contributed by atoms with E-state index in [0.29, 0.717) is 6.04 Å². The summed E-state index contributed by atoms with van der Waals surface area (Å²) in [5.41, 5.74) is 0. The topological polar surface area (TPSA) is 49.8 Å². The minimum absolute atomic E-state index is 0.459. The van der Waals surface area contributed by atoms with Crippen molar-refractivity contribution in [3.05, 3.63) is 11.9 Å². The Balaban J connectivity index is 2.54. The van der Waals surface area contributed by atoms with E-state index in [1.54, 1.807) is 0 Å². The number of aromatic nitrogens is 2. The molecule has 20 heavy (non-hydrogen) atoms. The number of hydrogen-bond donors (Lipinski definition) is 2. The minimum atomic E-state index is 0.459. The SMILES string of the molecule is CCCCCCC(C)Nc1cc(NCC)nc(CC)n1. The molecule has 0 aliphatic carbocycles. The first-order valence-electron chi connectivity index (χ1n) is 8.07. The third-order valence-corrected chi connectivity index (χ3v) is 3.33. The Morgan fingerprint density at radius 2 is 1.80 bits per heavy atom. The molecular weight excluding hydrogens is 248 g/mol. The zero-order valence-electron chi connectivity index (χ0n) is 13.5. The molecule has 2 N–H and O–H groups in total. The first kappa shape index (κ1) is 16.7. The van der Waals surface area contributed by atoms with Gasteiger partial charge in [-0.25, -0.2) is 9.97 Å². The largest absolute Gasteiger partial charge is 0.370 e. The van der Waals surface area contributed by atoms with Gasteiger partial charge in [0.1, 0.15) is 17.5 Å². The third kappa shape index (κ3) is 6.22. The van der Waals surface area contributed by atoms with Crippen molar-refractivity contribution in [1.29, 1.82) is 0 Å². The molecule has 0 bridgehead atoms. The summed E-state index contributed by atoms with van der Waals surface area (Å²) in [7, 11) is 0. The van der Waals surface area contributed by atoms with Crippen LogP contribution in [0.15, 0.2) is 6.07 Å². The predicted molar refractivity (Wildman–Crippen MR) is 87.4 cm³/mol. The maximum atomic E-state index is 4.56. The van der Waals surface area contributed by atoms with E-state index in [4.69, 9.17) is 0 Å². The van der Waals surface area contributed by atoms with E-state index in [1.807, 2.05) is 6.07 Å². The summed E-state index contributed by atoms with van der Waals surface area (Å²) in [4.78, 5) is 9.03. The third-order valence-electron chi connectivity index (χ3n) is 3.33. The molecule has 0 saturated heterocycles. The van der Waals surface area contributed by atoms with Crippen LogP contribution in [0.5, 0.6) is 0 Å². The van der Waals surface area contributed by atoms with Gasteiger partial charge in [0.25, 0.3) is 0 Å². The fraction of sp³-hybridized carbons (Fsp3) is 0.750. The van der Waals surface area contributed by atoms with Crippen molar-refractivity contribution < 1.29 is 0 Å². The van der Waals surface area contributed by atoms with Crippen LogP contribution in [0.1, 0.15) is 65.6 Å². The van der Waals surface area contributed by atoms with Gasteiger partial charge < -0.3 is 10.6 Å². The van der Waals surface area contributed by atoms with Gasteiger partial charge in [0.05, 0.1) is 0 Å². The van der Waals surface area contributed by atoms with Crippen LogP contribution in [-0.4, -0.2) is 22.6 Å². The number of nitrogens with one attached hydrogen (secondary N) is 2. The number of unbranched alkanes of at least 4 members (excludes halogenated alkanes) is 3. The molecule has 1 aromatic rings. The van der Waals surface area contributed by atoms with E-state index in [1.165, 1.54) is 32.1 Å². The van der Waals surface area contributed by atoms with Crippen molar-refractivity contribution in [2.45, 2.75) is 72.3 Å². The number of nitrogens with zero attached hydrogens (tertiary/aromatic N) is 2. The molecule has 1 aromatic heterocycles. The van der Waals surface area contributed by atoms with E-state index < -0.39 is 0 Å². The lowest BCUT2D eigenvalue weighted by Crippen LogP contribution is -2.17. The van der Waals surface area contributed by atoms with Crippen molar-refractivity contribution >= 4 is 11.6 Å². The van der Waals surface area contributed by atoms with E-state index in [9.17, 15) is 0 Å². The molecule has 0 aliphatic rings. The van der Waals surface area contributed by atoms with Crippen molar-refractivity contribution in [2.24, 2.45) is 0 Å². The second kappa shape index (κ2) is 9.56. The maximum absolute atomic E-state index is 4.56. The highest BCUT2D eigenvalue weighted by molar-refractivity contribution is 5.48. The first-order valence-corrected chi connectivity index (χ1v) is 8.07. The highest BCUT2D eigenvalue weighted by atomic mass is 15.1. The molecule has 114 valence electrons. The zero-order valence-corrected chi connectivity index (χ0v) is 13.5. The number of rotatable bonds is 10. The number of aryl methyl sites for hydroxylation is 1. The second-order valence-electron chi connectivity index (χ2n) is 5.33. The van der Waals surface area contributed by atoms with Crippen LogP contribution in [0.4, 0.5) is 11.6 Å². The summed E-state index contributed by atoms with van der Waals surface area (Å²) in [5, 5.41) is 6.77. The molecule has 1 atom stereocenters. The quantitative estimate of drug-likeness (QED) is 0.628. The van der Waals surface area contributed by atoms with Crippen molar-refractivity contribution in [2.75, 3.05) is 17.2 Å². The van der Waals surface area contributed by atoms with Gasteiger partial charge in [-0.15, -0.1) is 0 Å². The van der Waals surface area contributed by atoms with E-state index >= 15 is 0 Å². The van der Waals surface area contributed by atoms with Crippen LogP contribution in [0, 0.1) is 0 Å². The van der Waals surface area contributed by atoms with E-state index in [2.05, 4.69) is 48.3 Å². The van der Waals surface area contributed by atoms with Gasteiger partial charge in [-0.2, -0.15) is 0 Å². The van der Waals surface area contributed by atoms with Crippen LogP contribution in [0.3, 0.4) is 0 Å². The van der Waals surface area contributed by atoms with Gasteiger partial charge in [0.15, 0.2) is 0 Å². The summed E-state index contributed by atoms with van der Waals surface area (Å²) in [5.74, 6) is 2.75. The Bertz CT molecular complexity index is 379. The van der Waals surface area contributed by atoms with E-state index in [0.717, 1.165) is 30.4 Å². The molecule has 1 heterocycles. The molecule has 1 rings (SSSR count). The predicted octanol–water partition coefficient (Wildman–Crippen LogP) is 4.24. The van der Waals surface area contributed by atoms with Gasteiger partial charge in [0.2, 0.25) is 0 Å². The highest BCUT2D eigenvalue weighted by Crippen LogP contribution is 2.15. The molecular formula is C16H30N4. The Morgan fingerprint density at radius 1 is 1.05 bits per heavy atom. The molecule has 0 aromatic carbocycles. The fourth-order valence-electron chi connectivity index (χ4n) is 2.20. The van der Waals surface area contributed by atoms with Crippen LogP contribution < -0.4 is 10.6 Å². The normalized spacial score (nSPS) is 12.2. The molecule has 0 aliphatic heterocycles. The van der Waals surface area contributed by atoms with Gasteiger partial charge in [-0.3, -0.25) is 0 Å². The monoisotopic (exact) mass is 278 g/mol. The van der Waals surface area contributed by atoms with Gasteiger partial charge >= 0.3 is 0 Å². The molecule has 0 radical (unpaired) electrons. The summed E-state index contributed by atoms with van der Waals surface area (Å²) in [6, 6.07) is 2.46. The molecule has 4 heteroatoms. The van der Waals surface area contributed by atoms with Crippen LogP contribution in [0.25, 0.3) is 0 Å². The molecule has 0 spiro atoms. The summed E-state index contributed by atoms with van der Waals surface area (Å²) >= 11 is 0. The Morgan fingerprint density at radius 3 is 2.45 bits per heavy atom. The van der Waals surface area contributed by atoms with E-state index in [-0.39, 0.29) is 0 Å². The van der Waals surface area contributed by atoms with Crippen molar-refractivity contribution in [3.63, 3.8) is 0 Å². The number of anilines is 2. The second-order valence-corrected chi connectivity index (χ2v) is 5.33. The minimum Gasteiger partial charge on any atom is -0.370 e. The summed E-state index contributed by atoms with van der Waals surface area (Å²) in [6.45, 7) is 9.52. The lowest BCUT2D eigenvalue weighted by atomic mass is 10.1. The van der Waals surface area contributed by atoms with Crippen molar-refractivity contribution in [3.8, 4) is 0 Å². The summed E-state index contributed by atoms with van der Waals surface area (Å²) < 4.78 is 0. The Hall–Kier alpha value is -1.32. The van der Waals surface area contributed by atoms with Gasteiger partial charge in [0, 0.05) is 25.1 Å². The Labute approximate surface area is 123 Å². The first-order chi connectivity index (χ1) is 9.69. The maximum Gasteiger partial charge on any atom is 0.132 e. The zero-order chi connectivity index (χ0) is 14.8. The smallest absolute Gasteiger partial charge is 0.132 e. The summed E-state index contributed by atoms with van der Waals surface area (Å²) in [6.07, 6.45) is 7.30. The van der Waals surface area contributed by atoms with Gasteiger partial charge in [-0.05, 0) is 20.3 Å². The average Bonchev–Trinajstić information content (AvgIpc) is 2.43. The molecule has 0 saturated carbocycles. The fourth-order valence-corrected chi connectivity index (χ4v) is 2.20. The van der Waals surface area contributed by atoms with Crippen LogP contribution in [0.2, 0.25) is 0 Å². The molecule has 0 fully saturated rings. The highest BCUT2D eigenvalue weighted by Gasteiger charge is 2.06. The van der Waals surface area contributed by atoms with Crippen molar-refractivity contribution in [1.82, 2.24) is 9.97 Å². The lowest BCUT2D eigenvalue weighted by Gasteiger charge is -2.16. The lowest BCUT2D eigenvalue weighted by molar-refractivity contribution is 0.592. The molecule has 4 nitrogen and oxygen atoms in total. The number of hydrogen-bond acceptors (Lipinski definition) is 4. The Kier molecular flexibility index (Phi) is 8.00. The average molecular weight is 278 g/mol. The standard InChI is InChI=1S/C16H30N4/c1-5-8-9-10-11-13(4)18-16-12-15(17-7-3)19-14(6-2)20-16/h12-13H,5-11H2,1-4H3,(H2,17,18,19,20). The van der Waals surface area contributed by atoms with Gasteiger partial charge in [-0.1, -0.05) is 39.5 Å². The molecule has 0 amide bonds. The molecule has 1 unspecified atom stereocenters. The van der Waals surface area contributed by atoms with Crippen LogP contribution >= 0.6 is 0 Å².